The van der Waals surface area contributed by atoms with Crippen molar-refractivity contribution in [1.29, 1.82) is 0 Å². The second kappa shape index (κ2) is 9.27. The van der Waals surface area contributed by atoms with Gasteiger partial charge in [-0.25, -0.2) is 0 Å². The number of aliphatic imine (C=N–C) groups is 1. The molecule has 2 aromatic rings. The summed E-state index contributed by atoms with van der Waals surface area (Å²) in [6, 6.07) is 9.09. The highest BCUT2D eigenvalue weighted by Crippen LogP contribution is 2.50. The third-order valence-electron chi connectivity index (χ3n) is 8.80. The molecule has 0 saturated carbocycles. The van der Waals surface area contributed by atoms with Crippen molar-refractivity contribution in [3.05, 3.63) is 118 Å². The van der Waals surface area contributed by atoms with E-state index in [1.54, 1.807) is 0 Å². The first-order valence-electron chi connectivity index (χ1n) is 14.0. The molecular weight excluding hydrogens is 460 g/mol. The van der Waals surface area contributed by atoms with Crippen LogP contribution < -0.4 is 4.90 Å². The number of likely N-dealkylation sites (N-methyl/N-ethyl adjacent to an activating group) is 1. The van der Waals surface area contributed by atoms with Crippen LogP contribution in [0, 0.1) is 0 Å². The fourth-order valence-corrected chi connectivity index (χ4v) is 6.81. The minimum atomic E-state index is -0.0883. The van der Waals surface area contributed by atoms with Crippen molar-refractivity contribution >= 4 is 29.2 Å². The minimum Gasteiger partial charge on any atom is -0.347 e. The Bertz CT molecular complexity index is 1510. The van der Waals surface area contributed by atoms with E-state index in [2.05, 4.69) is 131 Å². The number of fused-ring (bicyclic) bond motifs is 6. The quantitative estimate of drug-likeness (QED) is 0.384. The van der Waals surface area contributed by atoms with Crippen molar-refractivity contribution in [1.82, 2.24) is 0 Å². The van der Waals surface area contributed by atoms with Crippen LogP contribution in [0.25, 0.3) is 12.2 Å². The lowest BCUT2D eigenvalue weighted by Gasteiger charge is -2.25. The van der Waals surface area contributed by atoms with Crippen LogP contribution in [0.15, 0.2) is 89.6 Å². The molecule has 0 spiro atoms. The predicted octanol–water partition coefficient (Wildman–Crippen LogP) is 8.95. The lowest BCUT2D eigenvalue weighted by Crippen LogP contribution is -2.25. The lowest BCUT2D eigenvalue weighted by atomic mass is 9.76. The molecule has 2 nitrogen and oxygen atoms in total. The molecule has 0 bridgehead atoms. The minimum absolute atomic E-state index is 0.0271. The van der Waals surface area contributed by atoms with Crippen molar-refractivity contribution in [3.8, 4) is 0 Å². The second-order valence-electron chi connectivity index (χ2n) is 11.9. The third kappa shape index (κ3) is 3.89. The van der Waals surface area contributed by atoms with Gasteiger partial charge in [-0.3, -0.25) is 4.99 Å². The third-order valence-corrected chi connectivity index (χ3v) is 8.80. The molecule has 2 heterocycles. The van der Waals surface area contributed by atoms with E-state index in [4.69, 9.17) is 4.99 Å². The maximum absolute atomic E-state index is 5.00. The van der Waals surface area contributed by atoms with Crippen LogP contribution >= 0.6 is 0 Å². The highest BCUT2D eigenvalue weighted by molar-refractivity contribution is 6.09. The predicted molar refractivity (Wildman–Crippen MR) is 165 cm³/mol. The number of aryl methyl sites for hydroxylation is 2. The molecule has 0 radical (unpaired) electrons. The van der Waals surface area contributed by atoms with Crippen molar-refractivity contribution < 1.29 is 0 Å². The monoisotopic (exact) mass is 498 g/mol. The van der Waals surface area contributed by atoms with E-state index in [0.717, 1.165) is 37.1 Å². The summed E-state index contributed by atoms with van der Waals surface area (Å²) in [4.78, 5) is 7.36. The first-order chi connectivity index (χ1) is 18.3. The van der Waals surface area contributed by atoms with Gasteiger partial charge in [-0.15, -0.1) is 0 Å². The maximum Gasteiger partial charge on any atom is 0.0680 e. The van der Waals surface area contributed by atoms with Gasteiger partial charge in [0.1, 0.15) is 0 Å². The van der Waals surface area contributed by atoms with Crippen LogP contribution in [0.1, 0.15) is 73.9 Å². The Hall–Kier alpha value is -3.65. The van der Waals surface area contributed by atoms with Gasteiger partial charge in [0, 0.05) is 29.3 Å². The van der Waals surface area contributed by atoms with Crippen LogP contribution in [0.3, 0.4) is 0 Å². The van der Waals surface area contributed by atoms with Crippen LogP contribution in [0.4, 0.5) is 11.4 Å². The van der Waals surface area contributed by atoms with Gasteiger partial charge in [-0.2, -0.15) is 0 Å². The zero-order valence-electron chi connectivity index (χ0n) is 23.4. The Morgan fingerprint density at radius 3 is 2.11 bits per heavy atom. The van der Waals surface area contributed by atoms with Crippen LogP contribution in [0.2, 0.25) is 0 Å². The number of nitrogens with zero attached hydrogens (tertiary/aromatic N) is 2. The summed E-state index contributed by atoms with van der Waals surface area (Å²) in [5.74, 6) is 0. The van der Waals surface area contributed by atoms with Gasteiger partial charge in [0.2, 0.25) is 0 Å². The normalized spacial score (nSPS) is 21.4. The van der Waals surface area contributed by atoms with E-state index in [9.17, 15) is 0 Å². The van der Waals surface area contributed by atoms with E-state index < -0.39 is 0 Å². The van der Waals surface area contributed by atoms with Gasteiger partial charge in [0.05, 0.1) is 11.4 Å². The molecule has 4 aliphatic rings. The second-order valence-corrected chi connectivity index (χ2v) is 11.9. The summed E-state index contributed by atoms with van der Waals surface area (Å²) < 4.78 is 0. The van der Waals surface area contributed by atoms with E-state index in [-0.39, 0.29) is 10.8 Å². The average molecular weight is 499 g/mol. The molecule has 2 heteroatoms. The smallest absolute Gasteiger partial charge is 0.0680 e. The maximum atomic E-state index is 5.00. The molecule has 192 valence electrons. The Morgan fingerprint density at radius 2 is 1.37 bits per heavy atom. The van der Waals surface area contributed by atoms with E-state index in [1.165, 1.54) is 44.8 Å². The van der Waals surface area contributed by atoms with Gasteiger partial charge in [-0.1, -0.05) is 94.5 Å². The van der Waals surface area contributed by atoms with Crippen LogP contribution in [-0.2, 0) is 23.7 Å². The fraction of sp³-hybridized carbons (Fsp3) is 0.306. The topological polar surface area (TPSA) is 15.6 Å². The zero-order valence-corrected chi connectivity index (χ0v) is 23.4. The van der Waals surface area contributed by atoms with Gasteiger partial charge in [0.15, 0.2) is 0 Å². The van der Waals surface area contributed by atoms with Gasteiger partial charge >= 0.3 is 0 Å². The molecular formula is C36H38N2. The molecule has 0 atom stereocenters. The largest absolute Gasteiger partial charge is 0.347 e. The van der Waals surface area contributed by atoms with E-state index in [0.29, 0.717) is 0 Å². The summed E-state index contributed by atoms with van der Waals surface area (Å²) in [5.41, 5.74) is 13.4. The molecule has 0 aromatic heterocycles. The fourth-order valence-electron chi connectivity index (χ4n) is 6.81. The molecule has 38 heavy (non-hydrogen) atoms. The molecule has 0 N–H and O–H groups in total. The summed E-state index contributed by atoms with van der Waals surface area (Å²) in [7, 11) is 2.19. The summed E-state index contributed by atoms with van der Waals surface area (Å²) in [5, 5.41) is 0. The van der Waals surface area contributed by atoms with Crippen LogP contribution in [0.5, 0.6) is 0 Å². The van der Waals surface area contributed by atoms with Gasteiger partial charge < -0.3 is 4.90 Å². The molecule has 6 rings (SSSR count). The molecule has 0 saturated heterocycles. The highest BCUT2D eigenvalue weighted by Gasteiger charge is 2.40. The Morgan fingerprint density at radius 1 is 0.737 bits per heavy atom. The number of anilines is 1. The first-order valence-corrected chi connectivity index (χ1v) is 14.0. The highest BCUT2D eigenvalue weighted by atomic mass is 15.2. The molecule has 0 amide bonds. The molecule has 0 fully saturated rings. The zero-order chi connectivity index (χ0) is 26.5. The standard InChI is InChI=1S/C36H38N2/c1-35(2)31(37-29-23-21-25-15-11-13-17-27(25)33(29)35)19-9-7-6-8-10-20-32-36(3,4)34-28-18-14-12-16-26(28)22-24-30(34)38(32)5/h6-10,13-14,17-24H,11-12,15-16H2,1-5H3/b7-6+,10-8+,19-9+,32-20+. The molecule has 2 aromatic carbocycles. The van der Waals surface area contributed by atoms with Crippen LogP contribution in [-0.4, -0.2) is 12.8 Å². The van der Waals surface area contributed by atoms with Gasteiger partial charge in [0.25, 0.3) is 0 Å². The number of hydrogen-bond donors (Lipinski definition) is 0. The Kier molecular flexibility index (Phi) is 6.02. The number of allylic oxidation sites excluding steroid dienone is 10. The van der Waals surface area contributed by atoms with Gasteiger partial charge in [-0.05, 0) is 83.3 Å². The number of benzene rings is 2. The van der Waals surface area contributed by atoms with Crippen molar-refractivity contribution in [2.75, 3.05) is 11.9 Å². The molecule has 2 aliphatic carbocycles. The lowest BCUT2D eigenvalue weighted by molar-refractivity contribution is 0.637. The molecule has 0 unspecified atom stereocenters. The average Bonchev–Trinajstić information content (AvgIpc) is 3.29. The summed E-state index contributed by atoms with van der Waals surface area (Å²) in [6.07, 6.45) is 28.8. The number of rotatable bonds is 4. The van der Waals surface area contributed by atoms with Crippen molar-refractivity contribution in [3.63, 3.8) is 0 Å². The SMILES string of the molecule is CN1/C(=C/C=C/C=C/C=C/C2=Nc3ccc4c(c3C2(C)C)C=CCC4)C(C)(C)c2c1ccc1c2C=CCC1. The van der Waals surface area contributed by atoms with E-state index in [1.807, 2.05) is 0 Å². The van der Waals surface area contributed by atoms with E-state index >= 15 is 0 Å². The number of hydrogen-bond acceptors (Lipinski definition) is 2. The molecule has 2 aliphatic heterocycles. The van der Waals surface area contributed by atoms with Crippen molar-refractivity contribution in [2.45, 2.75) is 64.2 Å². The summed E-state index contributed by atoms with van der Waals surface area (Å²) >= 11 is 0. The first kappa shape index (κ1) is 24.7. The Labute approximate surface area is 228 Å². The summed E-state index contributed by atoms with van der Waals surface area (Å²) in [6.45, 7) is 9.30. The van der Waals surface area contributed by atoms with Crippen molar-refractivity contribution in [2.24, 2.45) is 4.99 Å². The Balaban J connectivity index is 1.17.